The quantitative estimate of drug-likeness (QED) is 0.694. The van der Waals surface area contributed by atoms with Crippen LogP contribution in [0.2, 0.25) is 5.02 Å². The van der Waals surface area contributed by atoms with Gasteiger partial charge < -0.3 is 14.4 Å². The highest BCUT2D eigenvalue weighted by atomic mass is 79.9. The van der Waals surface area contributed by atoms with E-state index in [1.807, 2.05) is 17.0 Å². The second kappa shape index (κ2) is 8.37. The van der Waals surface area contributed by atoms with E-state index in [9.17, 15) is 4.79 Å². The molecule has 0 saturated carbocycles. The first-order valence-corrected chi connectivity index (χ1v) is 10.3. The number of carbonyl (C=O) groups excluding carboxylic acids is 1. The minimum absolute atomic E-state index is 0.0422. The van der Waals surface area contributed by atoms with Gasteiger partial charge in [0.05, 0.1) is 36.0 Å². The summed E-state index contributed by atoms with van der Waals surface area (Å²) in [5.41, 5.74) is 1.41. The fourth-order valence-electron chi connectivity index (χ4n) is 3.73. The molecule has 1 aromatic heterocycles. The maximum absolute atomic E-state index is 13.0. The van der Waals surface area contributed by atoms with E-state index >= 15 is 0 Å². The number of carbonyl (C=O) groups is 1. The van der Waals surface area contributed by atoms with Gasteiger partial charge in [0, 0.05) is 36.8 Å². The van der Waals surface area contributed by atoms with Crippen LogP contribution in [-0.4, -0.2) is 66.6 Å². The van der Waals surface area contributed by atoms with E-state index in [4.69, 9.17) is 21.1 Å². The van der Waals surface area contributed by atoms with Gasteiger partial charge in [0.15, 0.2) is 0 Å². The second-order valence-electron chi connectivity index (χ2n) is 6.95. The van der Waals surface area contributed by atoms with Crippen molar-refractivity contribution in [3.05, 3.63) is 57.3 Å². The lowest BCUT2D eigenvalue weighted by molar-refractivity contribution is -0.0872. The van der Waals surface area contributed by atoms with Crippen molar-refractivity contribution in [2.24, 2.45) is 0 Å². The molecule has 2 aliphatic heterocycles. The summed E-state index contributed by atoms with van der Waals surface area (Å²) in [5.74, 6) is 0.442. The number of morpholine rings is 1. The third-order valence-electron chi connectivity index (χ3n) is 5.28. The second-order valence-corrected chi connectivity index (χ2v) is 8.24. The van der Waals surface area contributed by atoms with E-state index < -0.39 is 0 Å². The lowest BCUT2D eigenvalue weighted by atomic mass is 10.1. The van der Waals surface area contributed by atoms with E-state index in [2.05, 4.69) is 25.8 Å². The Morgan fingerprint density at radius 2 is 2.14 bits per heavy atom. The molecule has 2 aliphatic rings. The standard InChI is InChI=1S/C20H21BrClN3O3/c1-27-17-4-2-3-15(19(17)22)20(26)25-8-7-24-11-18(28-12-14(24)10-25)16-6-5-13(21)9-23-16/h2-6,9,14,18H,7-8,10-12H2,1H3. The minimum Gasteiger partial charge on any atom is -0.495 e. The highest BCUT2D eigenvalue weighted by molar-refractivity contribution is 9.10. The third kappa shape index (κ3) is 3.89. The number of halogens is 2. The number of fused-ring (bicyclic) bond motifs is 1. The zero-order valence-corrected chi connectivity index (χ0v) is 17.8. The Kier molecular flexibility index (Phi) is 5.87. The molecule has 4 rings (SSSR count). The fourth-order valence-corrected chi connectivity index (χ4v) is 4.25. The smallest absolute Gasteiger partial charge is 0.255 e. The first-order valence-electron chi connectivity index (χ1n) is 9.15. The van der Waals surface area contributed by atoms with Crippen molar-refractivity contribution < 1.29 is 14.3 Å². The molecule has 6 nitrogen and oxygen atoms in total. The van der Waals surface area contributed by atoms with Crippen molar-refractivity contribution in [2.45, 2.75) is 12.1 Å². The van der Waals surface area contributed by atoms with E-state index in [-0.39, 0.29) is 18.1 Å². The summed E-state index contributed by atoms with van der Waals surface area (Å²) in [5, 5.41) is 0.360. The van der Waals surface area contributed by atoms with Gasteiger partial charge in [0.25, 0.3) is 5.91 Å². The number of amides is 1. The van der Waals surface area contributed by atoms with Gasteiger partial charge in [-0.2, -0.15) is 0 Å². The van der Waals surface area contributed by atoms with Crippen LogP contribution in [0.5, 0.6) is 5.75 Å². The van der Waals surface area contributed by atoms with Gasteiger partial charge in [-0.15, -0.1) is 0 Å². The van der Waals surface area contributed by atoms with E-state index in [0.717, 1.165) is 23.3 Å². The van der Waals surface area contributed by atoms with Gasteiger partial charge in [-0.3, -0.25) is 14.7 Å². The van der Waals surface area contributed by atoms with E-state index in [0.29, 0.717) is 36.0 Å². The molecule has 1 amide bonds. The van der Waals surface area contributed by atoms with E-state index in [1.165, 1.54) is 0 Å². The van der Waals surface area contributed by atoms with Crippen LogP contribution < -0.4 is 4.74 Å². The van der Waals surface area contributed by atoms with E-state index in [1.54, 1.807) is 31.5 Å². The van der Waals surface area contributed by atoms with Crippen LogP contribution in [0.25, 0.3) is 0 Å². The van der Waals surface area contributed by atoms with Crippen molar-refractivity contribution in [2.75, 3.05) is 39.9 Å². The third-order valence-corrected chi connectivity index (χ3v) is 6.13. The van der Waals surface area contributed by atoms with Crippen LogP contribution in [0.4, 0.5) is 0 Å². The molecule has 0 aliphatic carbocycles. The lowest BCUT2D eigenvalue weighted by Crippen LogP contribution is -2.59. The molecular weight excluding hydrogens is 446 g/mol. The molecule has 0 N–H and O–H groups in total. The maximum atomic E-state index is 13.0. The van der Waals surface area contributed by atoms with Gasteiger partial charge in [0.1, 0.15) is 11.9 Å². The Balaban J connectivity index is 1.42. The first kappa shape index (κ1) is 19.6. The molecule has 0 radical (unpaired) electrons. The number of pyridine rings is 1. The number of aromatic nitrogens is 1. The van der Waals surface area contributed by atoms with Gasteiger partial charge in [0.2, 0.25) is 0 Å². The van der Waals surface area contributed by atoms with Gasteiger partial charge in [-0.1, -0.05) is 17.7 Å². The molecule has 2 unspecified atom stereocenters. The summed E-state index contributed by atoms with van der Waals surface area (Å²) in [4.78, 5) is 21.7. The largest absolute Gasteiger partial charge is 0.495 e. The topological polar surface area (TPSA) is 54.9 Å². The van der Waals surface area contributed by atoms with Crippen LogP contribution in [-0.2, 0) is 4.74 Å². The molecule has 8 heteroatoms. The molecule has 0 bridgehead atoms. The monoisotopic (exact) mass is 465 g/mol. The molecule has 28 heavy (non-hydrogen) atoms. The summed E-state index contributed by atoms with van der Waals surface area (Å²) >= 11 is 9.75. The summed E-state index contributed by atoms with van der Waals surface area (Å²) in [6, 6.07) is 9.42. The number of methoxy groups -OCH3 is 1. The van der Waals surface area contributed by atoms with Crippen molar-refractivity contribution >= 4 is 33.4 Å². The number of ether oxygens (including phenoxy) is 2. The predicted octanol–water partition coefficient (Wildman–Crippen LogP) is 3.40. The van der Waals surface area contributed by atoms with Crippen LogP contribution in [0.15, 0.2) is 41.0 Å². The predicted molar refractivity (Wildman–Crippen MR) is 110 cm³/mol. The summed E-state index contributed by atoms with van der Waals surface area (Å²) in [6.45, 7) is 3.42. The number of rotatable bonds is 3. The number of nitrogens with zero attached hydrogens (tertiary/aromatic N) is 3. The Morgan fingerprint density at radius 3 is 2.89 bits per heavy atom. The van der Waals surface area contributed by atoms with Crippen LogP contribution in [0.3, 0.4) is 0 Å². The summed E-state index contributed by atoms with van der Waals surface area (Å²) < 4.78 is 12.2. The highest BCUT2D eigenvalue weighted by Crippen LogP contribution is 2.30. The Bertz CT molecular complexity index is 864. The number of piperazine rings is 1. The van der Waals surface area contributed by atoms with Gasteiger partial charge >= 0.3 is 0 Å². The maximum Gasteiger partial charge on any atom is 0.255 e. The Hall–Kier alpha value is -1.67. The van der Waals surface area contributed by atoms with Crippen LogP contribution >= 0.6 is 27.5 Å². The molecule has 2 aromatic rings. The molecular formula is C20H21BrClN3O3. The van der Waals surface area contributed by atoms with Crippen LogP contribution in [0, 0.1) is 0 Å². The molecule has 2 saturated heterocycles. The zero-order valence-electron chi connectivity index (χ0n) is 15.5. The summed E-state index contributed by atoms with van der Waals surface area (Å²) in [7, 11) is 1.55. The average molecular weight is 467 g/mol. The van der Waals surface area contributed by atoms with Crippen molar-refractivity contribution in [1.82, 2.24) is 14.8 Å². The Morgan fingerprint density at radius 1 is 1.29 bits per heavy atom. The molecule has 1 aromatic carbocycles. The number of hydrogen-bond acceptors (Lipinski definition) is 5. The zero-order chi connectivity index (χ0) is 19.7. The van der Waals surface area contributed by atoms with Gasteiger partial charge in [-0.25, -0.2) is 0 Å². The lowest BCUT2D eigenvalue weighted by Gasteiger charge is -2.46. The van der Waals surface area contributed by atoms with Crippen molar-refractivity contribution in [3.8, 4) is 5.75 Å². The normalized spacial score (nSPS) is 22.6. The number of benzene rings is 1. The molecule has 2 atom stereocenters. The minimum atomic E-state index is -0.0692. The molecule has 0 spiro atoms. The highest BCUT2D eigenvalue weighted by Gasteiger charge is 2.36. The average Bonchev–Trinajstić information content (AvgIpc) is 2.73. The first-order chi connectivity index (χ1) is 13.6. The van der Waals surface area contributed by atoms with Gasteiger partial charge in [-0.05, 0) is 40.2 Å². The molecule has 2 fully saturated rings. The van der Waals surface area contributed by atoms with Crippen molar-refractivity contribution in [1.29, 1.82) is 0 Å². The van der Waals surface area contributed by atoms with Crippen LogP contribution in [0.1, 0.15) is 22.2 Å². The Labute approximate surface area is 177 Å². The molecule has 3 heterocycles. The fraction of sp³-hybridized carbons (Fsp3) is 0.400. The number of hydrogen-bond donors (Lipinski definition) is 0. The summed E-state index contributed by atoms with van der Waals surface area (Å²) in [6.07, 6.45) is 1.75. The molecule has 148 valence electrons. The SMILES string of the molecule is COc1cccc(C(=O)N2CCN3CC(c4ccc(Br)cn4)OCC3C2)c1Cl. The van der Waals surface area contributed by atoms with Crippen molar-refractivity contribution in [3.63, 3.8) is 0 Å².